The molecule has 8 nitrogen and oxygen atoms in total. The molecule has 9 heteroatoms. The van der Waals surface area contributed by atoms with Gasteiger partial charge < -0.3 is 14.0 Å². The zero-order valence-corrected chi connectivity index (χ0v) is 18.9. The maximum Gasteiger partial charge on any atom is 0.330 e. The Hall–Kier alpha value is -3.33. The highest BCUT2D eigenvalue weighted by Crippen LogP contribution is 2.39. The number of nitrogens with zero attached hydrogens (tertiary/aromatic N) is 3. The molecule has 0 saturated heterocycles. The Kier molecular flexibility index (Phi) is 5.69. The first kappa shape index (κ1) is 20.9. The molecule has 0 saturated carbocycles. The third-order valence-electron chi connectivity index (χ3n) is 4.97. The SMILES string of the molecule is CCOc1c(Br)cc(-c2nc3c(c(=O)[nH]c(=O)n3Cc3ccccc3)n2C)cc1OC. The molecule has 0 aliphatic heterocycles. The molecular weight excluding hydrogens is 464 g/mol. The monoisotopic (exact) mass is 484 g/mol. The zero-order chi connectivity index (χ0) is 22.1. The van der Waals surface area contributed by atoms with Gasteiger partial charge in [0.15, 0.2) is 22.7 Å². The van der Waals surface area contributed by atoms with Gasteiger partial charge in [0, 0.05) is 12.6 Å². The van der Waals surface area contributed by atoms with E-state index in [0.29, 0.717) is 51.7 Å². The van der Waals surface area contributed by atoms with Crippen LogP contribution in [0.15, 0.2) is 56.5 Å². The summed E-state index contributed by atoms with van der Waals surface area (Å²) in [5, 5.41) is 0. The van der Waals surface area contributed by atoms with E-state index in [0.717, 1.165) is 5.56 Å². The fourth-order valence-corrected chi connectivity index (χ4v) is 4.11. The van der Waals surface area contributed by atoms with Crippen molar-refractivity contribution in [1.29, 1.82) is 0 Å². The summed E-state index contributed by atoms with van der Waals surface area (Å²) < 4.78 is 15.0. The van der Waals surface area contributed by atoms with E-state index >= 15 is 0 Å². The number of hydrogen-bond donors (Lipinski definition) is 1. The average molecular weight is 485 g/mol. The van der Waals surface area contributed by atoms with Crippen LogP contribution in [-0.4, -0.2) is 32.8 Å². The zero-order valence-electron chi connectivity index (χ0n) is 17.3. The lowest BCUT2D eigenvalue weighted by Gasteiger charge is -2.13. The van der Waals surface area contributed by atoms with Gasteiger partial charge in [-0.05, 0) is 40.5 Å². The smallest absolute Gasteiger partial charge is 0.330 e. The van der Waals surface area contributed by atoms with Gasteiger partial charge in [0.05, 0.1) is 24.7 Å². The Morgan fingerprint density at radius 2 is 1.90 bits per heavy atom. The number of halogens is 1. The van der Waals surface area contributed by atoms with Crippen molar-refractivity contribution in [3.63, 3.8) is 0 Å². The van der Waals surface area contributed by atoms with Crippen molar-refractivity contribution in [2.45, 2.75) is 13.5 Å². The number of rotatable bonds is 6. The van der Waals surface area contributed by atoms with Crippen molar-refractivity contribution < 1.29 is 9.47 Å². The number of ether oxygens (including phenoxy) is 2. The van der Waals surface area contributed by atoms with Gasteiger partial charge in [0.2, 0.25) is 0 Å². The fourth-order valence-electron chi connectivity index (χ4n) is 3.55. The van der Waals surface area contributed by atoms with E-state index in [9.17, 15) is 9.59 Å². The molecule has 0 atom stereocenters. The molecule has 0 spiro atoms. The minimum absolute atomic E-state index is 0.291. The van der Waals surface area contributed by atoms with Crippen molar-refractivity contribution in [1.82, 2.24) is 19.1 Å². The number of fused-ring (bicyclic) bond motifs is 1. The summed E-state index contributed by atoms with van der Waals surface area (Å²) in [7, 11) is 3.30. The van der Waals surface area contributed by atoms with Crippen LogP contribution in [0.5, 0.6) is 11.5 Å². The molecule has 0 radical (unpaired) electrons. The highest BCUT2D eigenvalue weighted by atomic mass is 79.9. The molecule has 0 fully saturated rings. The third kappa shape index (κ3) is 3.76. The van der Waals surface area contributed by atoms with E-state index in [1.807, 2.05) is 43.3 Å². The van der Waals surface area contributed by atoms with Crippen LogP contribution in [-0.2, 0) is 13.6 Å². The molecule has 31 heavy (non-hydrogen) atoms. The maximum atomic E-state index is 12.6. The second-order valence-electron chi connectivity index (χ2n) is 6.92. The molecule has 2 aromatic heterocycles. The Balaban J connectivity index is 1.93. The Labute approximate surface area is 186 Å². The molecule has 0 unspecified atom stereocenters. The van der Waals surface area contributed by atoms with Crippen LogP contribution < -0.4 is 20.7 Å². The quantitative estimate of drug-likeness (QED) is 0.453. The van der Waals surface area contributed by atoms with E-state index in [-0.39, 0.29) is 0 Å². The molecule has 4 rings (SSSR count). The first-order valence-corrected chi connectivity index (χ1v) is 10.5. The lowest BCUT2D eigenvalue weighted by molar-refractivity contribution is 0.309. The number of hydrogen-bond acceptors (Lipinski definition) is 5. The maximum absolute atomic E-state index is 12.6. The van der Waals surface area contributed by atoms with E-state index in [1.165, 1.54) is 4.57 Å². The Bertz CT molecular complexity index is 1370. The predicted molar refractivity (Wildman–Crippen MR) is 122 cm³/mol. The largest absolute Gasteiger partial charge is 0.493 e. The number of H-pyrrole nitrogens is 1. The van der Waals surface area contributed by atoms with Crippen molar-refractivity contribution in [2.24, 2.45) is 7.05 Å². The highest BCUT2D eigenvalue weighted by molar-refractivity contribution is 9.10. The summed E-state index contributed by atoms with van der Waals surface area (Å²) in [5.74, 6) is 1.65. The number of methoxy groups -OCH3 is 1. The van der Waals surface area contributed by atoms with Gasteiger partial charge in [0.1, 0.15) is 5.82 Å². The van der Waals surface area contributed by atoms with Crippen LogP contribution >= 0.6 is 15.9 Å². The molecule has 0 aliphatic rings. The van der Waals surface area contributed by atoms with Crippen LogP contribution in [0.25, 0.3) is 22.6 Å². The molecule has 2 heterocycles. The summed E-state index contributed by atoms with van der Waals surface area (Å²) >= 11 is 3.53. The van der Waals surface area contributed by atoms with Crippen molar-refractivity contribution in [2.75, 3.05) is 13.7 Å². The van der Waals surface area contributed by atoms with E-state index in [1.54, 1.807) is 24.8 Å². The molecule has 4 aromatic rings. The second kappa shape index (κ2) is 8.43. The molecular formula is C22H21BrN4O4. The number of imidazole rings is 1. The van der Waals surface area contributed by atoms with Gasteiger partial charge >= 0.3 is 5.69 Å². The lowest BCUT2D eigenvalue weighted by atomic mass is 10.2. The van der Waals surface area contributed by atoms with Crippen molar-refractivity contribution in [3.8, 4) is 22.9 Å². The van der Waals surface area contributed by atoms with Crippen LogP contribution in [0.1, 0.15) is 12.5 Å². The van der Waals surface area contributed by atoms with Gasteiger partial charge in [-0.1, -0.05) is 30.3 Å². The van der Waals surface area contributed by atoms with Crippen LogP contribution in [0.2, 0.25) is 0 Å². The summed E-state index contributed by atoms with van der Waals surface area (Å²) in [5.41, 5.74) is 1.28. The molecule has 2 aromatic carbocycles. The standard InChI is InChI=1S/C22H21BrN4O4/c1-4-31-18-15(23)10-14(11-16(18)30-3)19-24-20-17(26(19)2)21(28)25-22(29)27(20)12-13-8-6-5-7-9-13/h5-11H,4,12H2,1-3H3,(H,25,28,29). The fraction of sp³-hybridized carbons (Fsp3) is 0.227. The second-order valence-corrected chi connectivity index (χ2v) is 7.77. The Morgan fingerprint density at radius 3 is 2.58 bits per heavy atom. The lowest BCUT2D eigenvalue weighted by Crippen LogP contribution is -2.31. The number of aryl methyl sites for hydroxylation is 1. The summed E-state index contributed by atoms with van der Waals surface area (Å²) in [4.78, 5) is 32.3. The molecule has 0 aliphatic carbocycles. The van der Waals surface area contributed by atoms with Gasteiger partial charge in [0.25, 0.3) is 5.56 Å². The number of benzene rings is 2. The highest BCUT2D eigenvalue weighted by Gasteiger charge is 2.20. The summed E-state index contributed by atoms with van der Waals surface area (Å²) in [6, 6.07) is 13.2. The van der Waals surface area contributed by atoms with Crippen LogP contribution in [0.4, 0.5) is 0 Å². The number of nitrogens with one attached hydrogen (secondary N) is 1. The number of aromatic nitrogens is 4. The van der Waals surface area contributed by atoms with E-state index < -0.39 is 11.2 Å². The molecule has 0 amide bonds. The van der Waals surface area contributed by atoms with Gasteiger partial charge in [-0.25, -0.2) is 9.78 Å². The first-order valence-electron chi connectivity index (χ1n) is 9.68. The minimum atomic E-state index is -0.503. The minimum Gasteiger partial charge on any atom is -0.493 e. The third-order valence-corrected chi connectivity index (χ3v) is 5.56. The van der Waals surface area contributed by atoms with Gasteiger partial charge in [-0.15, -0.1) is 0 Å². The summed E-state index contributed by atoms with van der Waals surface area (Å²) in [6.07, 6.45) is 0. The topological polar surface area (TPSA) is 91.1 Å². The van der Waals surface area contributed by atoms with Crippen LogP contribution in [0.3, 0.4) is 0 Å². The molecule has 0 bridgehead atoms. The van der Waals surface area contributed by atoms with Crippen molar-refractivity contribution >= 4 is 27.1 Å². The van der Waals surface area contributed by atoms with Gasteiger partial charge in [-0.2, -0.15) is 0 Å². The van der Waals surface area contributed by atoms with E-state index in [2.05, 4.69) is 25.9 Å². The van der Waals surface area contributed by atoms with Crippen LogP contribution in [0, 0.1) is 0 Å². The average Bonchev–Trinajstić information content (AvgIpc) is 3.10. The van der Waals surface area contributed by atoms with Gasteiger partial charge in [-0.3, -0.25) is 14.3 Å². The van der Waals surface area contributed by atoms with E-state index in [4.69, 9.17) is 9.47 Å². The number of aromatic amines is 1. The first-order chi connectivity index (χ1) is 14.9. The molecule has 160 valence electrons. The summed E-state index contributed by atoms with van der Waals surface area (Å²) in [6.45, 7) is 2.67. The molecule has 1 N–H and O–H groups in total. The normalized spacial score (nSPS) is 11.1. The Morgan fingerprint density at radius 1 is 1.16 bits per heavy atom. The van der Waals surface area contributed by atoms with Crippen molar-refractivity contribution in [3.05, 3.63) is 73.3 Å². The predicted octanol–water partition coefficient (Wildman–Crippen LogP) is 3.31.